The van der Waals surface area contributed by atoms with Gasteiger partial charge in [-0.1, -0.05) is 66.7 Å². The van der Waals surface area contributed by atoms with Gasteiger partial charge in [-0.25, -0.2) is 0 Å². The fourth-order valence-corrected chi connectivity index (χ4v) is 3.92. The molecule has 0 atom stereocenters. The van der Waals surface area contributed by atoms with Crippen LogP contribution in [0.2, 0.25) is 0 Å². The Hall–Kier alpha value is -3.98. The molecule has 0 spiro atoms. The molecule has 30 heavy (non-hydrogen) atoms. The molecule has 0 unspecified atom stereocenters. The highest BCUT2D eigenvalue weighted by Crippen LogP contribution is 2.44. The second kappa shape index (κ2) is 7.45. The highest BCUT2D eigenvalue weighted by atomic mass is 16.3. The highest BCUT2D eigenvalue weighted by molar-refractivity contribution is 6.11. The molecule has 144 valence electrons. The van der Waals surface area contributed by atoms with E-state index in [1.54, 1.807) is 12.3 Å². The first-order chi connectivity index (χ1) is 14.7. The molecule has 3 heteroatoms. The zero-order valence-corrected chi connectivity index (χ0v) is 16.6. The maximum atomic E-state index is 10.9. The highest BCUT2D eigenvalue weighted by Gasteiger charge is 2.16. The van der Waals surface area contributed by atoms with Crippen LogP contribution < -0.4 is 0 Å². The van der Waals surface area contributed by atoms with Gasteiger partial charge in [-0.2, -0.15) is 0 Å². The van der Waals surface area contributed by atoms with Gasteiger partial charge in [0.05, 0.1) is 17.6 Å². The van der Waals surface area contributed by atoms with Crippen LogP contribution in [0.5, 0.6) is 5.75 Å². The van der Waals surface area contributed by atoms with E-state index < -0.39 is 0 Å². The van der Waals surface area contributed by atoms with E-state index in [9.17, 15) is 5.11 Å². The molecule has 1 heterocycles. The van der Waals surface area contributed by atoms with Crippen molar-refractivity contribution in [1.82, 2.24) is 4.98 Å². The summed E-state index contributed by atoms with van der Waals surface area (Å²) in [5, 5.41) is 15.1. The van der Waals surface area contributed by atoms with Crippen molar-refractivity contribution in [2.24, 2.45) is 4.99 Å². The summed E-state index contributed by atoms with van der Waals surface area (Å²) in [5.41, 5.74) is 4.27. The predicted molar refractivity (Wildman–Crippen MR) is 125 cm³/mol. The van der Waals surface area contributed by atoms with Crippen molar-refractivity contribution in [2.75, 3.05) is 0 Å². The Morgan fingerprint density at radius 1 is 0.700 bits per heavy atom. The molecule has 1 N–H and O–H groups in total. The van der Waals surface area contributed by atoms with E-state index in [2.05, 4.69) is 29.2 Å². The molecule has 5 rings (SSSR count). The molecule has 3 nitrogen and oxygen atoms in total. The minimum Gasteiger partial charge on any atom is -0.507 e. The summed E-state index contributed by atoms with van der Waals surface area (Å²) in [5.74, 6) is 0.246. The van der Waals surface area contributed by atoms with Gasteiger partial charge < -0.3 is 5.11 Å². The van der Waals surface area contributed by atoms with Crippen molar-refractivity contribution in [3.8, 4) is 16.9 Å². The maximum Gasteiger partial charge on any atom is 0.124 e. The van der Waals surface area contributed by atoms with Crippen molar-refractivity contribution in [2.45, 2.75) is 6.92 Å². The lowest BCUT2D eigenvalue weighted by Crippen LogP contribution is -1.90. The number of phenols is 1. The Bertz CT molecular complexity index is 1420. The fraction of sp³-hybridized carbons (Fsp3) is 0.0370. The van der Waals surface area contributed by atoms with Crippen LogP contribution >= 0.6 is 0 Å². The number of benzene rings is 4. The lowest BCUT2D eigenvalue weighted by molar-refractivity contribution is 0.478. The van der Waals surface area contributed by atoms with Crippen LogP contribution in [-0.2, 0) is 0 Å². The van der Waals surface area contributed by atoms with Crippen molar-refractivity contribution >= 4 is 33.4 Å². The molecule has 0 radical (unpaired) electrons. The van der Waals surface area contributed by atoms with Crippen molar-refractivity contribution in [1.29, 1.82) is 0 Å². The maximum absolute atomic E-state index is 10.9. The number of phenolic OH excluding ortho intramolecular Hbond substituents is 1. The summed E-state index contributed by atoms with van der Waals surface area (Å²) in [7, 11) is 0. The Morgan fingerprint density at radius 3 is 2.10 bits per heavy atom. The number of hydrogen-bond acceptors (Lipinski definition) is 3. The number of aromatic nitrogens is 1. The topological polar surface area (TPSA) is 45.5 Å². The quantitative estimate of drug-likeness (QED) is 0.345. The molecule has 0 amide bonds. The Labute approximate surface area is 175 Å². The number of pyridine rings is 1. The number of aliphatic imine (C=N–C) groups is 1. The van der Waals surface area contributed by atoms with E-state index in [1.807, 2.05) is 67.6 Å². The standard InChI is InChI=1S/C27H20N2O/c1-18-7-6-10-21(29-18)17-28-24-15-13-19-8-2-4-11-22(19)26(24)27-23-12-5-3-9-20(23)14-16-25(27)30/h2-17,30H,1H3. The van der Waals surface area contributed by atoms with E-state index in [0.29, 0.717) is 0 Å². The van der Waals surface area contributed by atoms with Crippen LogP contribution in [0.25, 0.3) is 32.7 Å². The molecule has 0 aliphatic rings. The normalized spacial score (nSPS) is 11.5. The second-order valence-electron chi connectivity index (χ2n) is 7.32. The largest absolute Gasteiger partial charge is 0.507 e. The third-order valence-corrected chi connectivity index (χ3v) is 5.31. The first kappa shape index (κ1) is 18.1. The van der Waals surface area contributed by atoms with Crippen LogP contribution in [0.15, 0.2) is 96.0 Å². The van der Waals surface area contributed by atoms with Crippen LogP contribution in [-0.4, -0.2) is 16.3 Å². The van der Waals surface area contributed by atoms with E-state index in [4.69, 9.17) is 4.99 Å². The lowest BCUT2D eigenvalue weighted by Gasteiger charge is -2.15. The van der Waals surface area contributed by atoms with Crippen LogP contribution in [0.1, 0.15) is 11.4 Å². The number of rotatable bonds is 3. The summed E-state index contributed by atoms with van der Waals surface area (Å²) >= 11 is 0. The van der Waals surface area contributed by atoms with E-state index in [1.165, 1.54) is 0 Å². The summed E-state index contributed by atoms with van der Waals surface area (Å²) < 4.78 is 0. The second-order valence-corrected chi connectivity index (χ2v) is 7.32. The third kappa shape index (κ3) is 3.20. The molecule has 1 aromatic heterocycles. The summed E-state index contributed by atoms with van der Waals surface area (Å²) in [6, 6.07) is 30.0. The number of hydrogen-bond donors (Lipinski definition) is 1. The van der Waals surface area contributed by atoms with Gasteiger partial charge in [0.25, 0.3) is 0 Å². The molecule has 0 bridgehead atoms. The predicted octanol–water partition coefficient (Wildman–Crippen LogP) is 6.82. The smallest absolute Gasteiger partial charge is 0.124 e. The van der Waals surface area contributed by atoms with Crippen LogP contribution in [0.3, 0.4) is 0 Å². The first-order valence-electron chi connectivity index (χ1n) is 9.91. The van der Waals surface area contributed by atoms with Gasteiger partial charge in [-0.3, -0.25) is 9.98 Å². The van der Waals surface area contributed by atoms with Crippen LogP contribution in [0.4, 0.5) is 5.69 Å². The van der Waals surface area contributed by atoms with E-state index in [-0.39, 0.29) is 5.75 Å². The fourth-order valence-electron chi connectivity index (χ4n) is 3.92. The minimum absolute atomic E-state index is 0.246. The monoisotopic (exact) mass is 388 g/mol. The van der Waals surface area contributed by atoms with Gasteiger partial charge >= 0.3 is 0 Å². The van der Waals surface area contributed by atoms with Crippen molar-refractivity contribution in [3.05, 3.63) is 102 Å². The SMILES string of the molecule is Cc1cccc(C=Nc2ccc3ccccc3c2-c2c(O)ccc3ccccc23)n1. The molecule has 0 fully saturated rings. The Kier molecular flexibility index (Phi) is 4.49. The molecule has 0 aliphatic heterocycles. The van der Waals surface area contributed by atoms with Gasteiger partial charge in [0.2, 0.25) is 0 Å². The summed E-state index contributed by atoms with van der Waals surface area (Å²) in [4.78, 5) is 9.32. The molecule has 0 saturated heterocycles. The van der Waals surface area contributed by atoms with Crippen molar-refractivity contribution in [3.63, 3.8) is 0 Å². The Balaban J connectivity index is 1.81. The first-order valence-corrected chi connectivity index (χ1v) is 9.91. The number of nitrogens with zero attached hydrogens (tertiary/aromatic N) is 2. The van der Waals surface area contributed by atoms with Gasteiger partial charge in [0.15, 0.2) is 0 Å². The molecule has 5 aromatic rings. The summed E-state index contributed by atoms with van der Waals surface area (Å²) in [6.07, 6.45) is 1.78. The molecular formula is C27H20N2O. The lowest BCUT2D eigenvalue weighted by atomic mass is 9.92. The third-order valence-electron chi connectivity index (χ3n) is 5.31. The summed E-state index contributed by atoms with van der Waals surface area (Å²) in [6.45, 7) is 1.97. The van der Waals surface area contributed by atoms with Gasteiger partial charge in [0.1, 0.15) is 5.75 Å². The zero-order chi connectivity index (χ0) is 20.5. The Morgan fingerprint density at radius 2 is 1.37 bits per heavy atom. The molecule has 0 saturated carbocycles. The number of fused-ring (bicyclic) bond motifs is 2. The average molecular weight is 388 g/mol. The van der Waals surface area contributed by atoms with E-state index >= 15 is 0 Å². The zero-order valence-electron chi connectivity index (χ0n) is 16.6. The number of aryl methyl sites for hydroxylation is 1. The number of aromatic hydroxyl groups is 1. The van der Waals surface area contributed by atoms with Gasteiger partial charge in [-0.15, -0.1) is 0 Å². The van der Waals surface area contributed by atoms with Gasteiger partial charge in [-0.05, 0) is 52.7 Å². The molecule has 0 aliphatic carbocycles. The van der Waals surface area contributed by atoms with Crippen molar-refractivity contribution < 1.29 is 5.11 Å². The molecule has 4 aromatic carbocycles. The van der Waals surface area contributed by atoms with Gasteiger partial charge in [0, 0.05) is 16.8 Å². The van der Waals surface area contributed by atoms with E-state index in [0.717, 1.165) is 49.7 Å². The molecular weight excluding hydrogens is 368 g/mol. The average Bonchev–Trinajstić information content (AvgIpc) is 2.78. The van der Waals surface area contributed by atoms with Crippen LogP contribution in [0, 0.1) is 6.92 Å². The minimum atomic E-state index is 0.246.